The minimum atomic E-state index is -0.144. The number of nitrogens with one attached hydrogen (secondary N) is 1. The van der Waals surface area contributed by atoms with Crippen molar-refractivity contribution in [3.05, 3.63) is 40.3 Å². The number of thioether (sulfide) groups is 1. The van der Waals surface area contributed by atoms with E-state index >= 15 is 0 Å². The Morgan fingerprint density at radius 2 is 2.06 bits per heavy atom. The summed E-state index contributed by atoms with van der Waals surface area (Å²) in [5.41, 5.74) is 2.92. The number of benzene rings is 1. The number of fused-ring (bicyclic) bond motifs is 1. The van der Waals surface area contributed by atoms with Gasteiger partial charge in [0.15, 0.2) is 11.0 Å². The lowest BCUT2D eigenvalue weighted by Crippen LogP contribution is -2.26. The Kier molecular flexibility index (Phi) is 7.53. The van der Waals surface area contributed by atoms with Gasteiger partial charge in [-0.05, 0) is 67.3 Å². The van der Waals surface area contributed by atoms with Crippen molar-refractivity contribution in [2.75, 3.05) is 18.2 Å². The Morgan fingerprint density at radius 3 is 2.69 bits per heavy atom. The Morgan fingerprint density at radius 1 is 1.31 bits per heavy atom. The average Bonchev–Trinajstić information content (AvgIpc) is 3.41. The summed E-state index contributed by atoms with van der Waals surface area (Å²) in [6.07, 6.45) is 2.94. The molecule has 1 N–H and O–H groups in total. The van der Waals surface area contributed by atoms with E-state index in [0.29, 0.717) is 28.2 Å². The fraction of sp³-hybridized carbons (Fsp3) is 0.462. The summed E-state index contributed by atoms with van der Waals surface area (Å²) in [6, 6.07) is 10.0. The zero-order chi connectivity index (χ0) is 25.2. The van der Waals surface area contributed by atoms with Crippen LogP contribution < -0.4 is 10.1 Å². The van der Waals surface area contributed by atoms with Crippen LogP contribution in [0.25, 0.3) is 11.4 Å². The van der Waals surface area contributed by atoms with Crippen LogP contribution in [0.1, 0.15) is 50.1 Å². The van der Waals surface area contributed by atoms with Crippen LogP contribution >= 0.6 is 23.1 Å². The smallest absolute Gasteiger partial charge is 0.235 e. The Bertz CT molecular complexity index is 1250. The lowest BCUT2D eigenvalue weighted by Gasteiger charge is -2.33. The molecule has 1 amide bonds. The summed E-state index contributed by atoms with van der Waals surface area (Å²) in [5.74, 6) is 2.17. The molecule has 0 aliphatic heterocycles. The minimum Gasteiger partial charge on any atom is -0.497 e. The fourth-order valence-corrected chi connectivity index (χ4v) is 6.55. The van der Waals surface area contributed by atoms with Gasteiger partial charge < -0.3 is 14.6 Å². The van der Waals surface area contributed by atoms with E-state index in [-0.39, 0.29) is 17.1 Å². The number of methoxy groups -OCH3 is 1. The number of hydrogen-bond donors (Lipinski definition) is 1. The number of anilines is 1. The predicted molar refractivity (Wildman–Crippen MR) is 141 cm³/mol. The molecule has 0 spiro atoms. The summed E-state index contributed by atoms with van der Waals surface area (Å²) in [4.78, 5) is 14.1. The van der Waals surface area contributed by atoms with Gasteiger partial charge in [-0.1, -0.05) is 32.5 Å². The van der Waals surface area contributed by atoms with Gasteiger partial charge in [0.2, 0.25) is 5.91 Å². The lowest BCUT2D eigenvalue weighted by atomic mass is 9.72. The summed E-state index contributed by atoms with van der Waals surface area (Å²) >= 11 is 2.91. The van der Waals surface area contributed by atoms with Crippen molar-refractivity contribution in [3.8, 4) is 23.2 Å². The van der Waals surface area contributed by atoms with E-state index in [0.717, 1.165) is 42.0 Å². The molecule has 35 heavy (non-hydrogen) atoms. The number of nitriles is 1. The number of aromatic nitrogens is 3. The van der Waals surface area contributed by atoms with E-state index < -0.39 is 0 Å². The molecule has 9 heteroatoms. The molecule has 1 atom stereocenters. The molecule has 1 aliphatic rings. The maximum absolute atomic E-state index is 12.8. The topological polar surface area (TPSA) is 92.8 Å². The SMILES string of the molecule is CCn1c(SCC(=O)Nc2sc3c(c2C#N)CC[C@@H](C(C)(C)C)C3)nnc1-c1ccc(OC)cc1. The van der Waals surface area contributed by atoms with Gasteiger partial charge in [0.1, 0.15) is 16.8 Å². The van der Waals surface area contributed by atoms with Gasteiger partial charge in [-0.15, -0.1) is 21.5 Å². The number of nitrogens with zero attached hydrogens (tertiary/aromatic N) is 4. The molecule has 4 rings (SSSR count). The van der Waals surface area contributed by atoms with Crippen molar-refractivity contribution in [2.24, 2.45) is 11.3 Å². The van der Waals surface area contributed by atoms with E-state index in [1.165, 1.54) is 16.6 Å². The zero-order valence-electron chi connectivity index (χ0n) is 20.8. The van der Waals surface area contributed by atoms with Gasteiger partial charge in [0.25, 0.3) is 0 Å². The molecule has 0 unspecified atom stereocenters. The molecule has 0 saturated heterocycles. The monoisotopic (exact) mass is 509 g/mol. The average molecular weight is 510 g/mol. The minimum absolute atomic E-state index is 0.144. The first-order chi connectivity index (χ1) is 16.7. The van der Waals surface area contributed by atoms with E-state index in [9.17, 15) is 10.1 Å². The molecule has 2 aromatic heterocycles. The van der Waals surface area contributed by atoms with Gasteiger partial charge in [0.05, 0.1) is 18.4 Å². The quantitative estimate of drug-likeness (QED) is 0.405. The van der Waals surface area contributed by atoms with E-state index in [1.807, 2.05) is 35.8 Å². The van der Waals surface area contributed by atoms with Gasteiger partial charge >= 0.3 is 0 Å². The summed E-state index contributed by atoms with van der Waals surface area (Å²) in [6.45, 7) is 9.54. The van der Waals surface area contributed by atoms with Gasteiger partial charge in [-0.25, -0.2) is 0 Å². The van der Waals surface area contributed by atoms with Gasteiger partial charge in [-0.2, -0.15) is 5.26 Å². The molecule has 1 aromatic carbocycles. The maximum Gasteiger partial charge on any atom is 0.235 e. The highest BCUT2D eigenvalue weighted by Gasteiger charge is 2.32. The van der Waals surface area contributed by atoms with Crippen LogP contribution in [0.3, 0.4) is 0 Å². The van der Waals surface area contributed by atoms with E-state index in [4.69, 9.17) is 4.74 Å². The molecule has 1 aliphatic carbocycles. The molecule has 0 fully saturated rings. The third kappa shape index (κ3) is 5.39. The van der Waals surface area contributed by atoms with Gasteiger partial charge in [-0.3, -0.25) is 4.79 Å². The highest BCUT2D eigenvalue weighted by Crippen LogP contribution is 2.44. The number of carbonyl (C=O) groups is 1. The van der Waals surface area contributed by atoms with Crippen LogP contribution in [-0.2, 0) is 24.2 Å². The first-order valence-corrected chi connectivity index (χ1v) is 13.6. The van der Waals surface area contributed by atoms with E-state index in [2.05, 4.69) is 42.4 Å². The van der Waals surface area contributed by atoms with Crippen LogP contribution in [0.5, 0.6) is 5.75 Å². The van der Waals surface area contributed by atoms with Crippen molar-refractivity contribution in [3.63, 3.8) is 0 Å². The Hall–Kier alpha value is -2.83. The highest BCUT2D eigenvalue weighted by atomic mass is 32.2. The van der Waals surface area contributed by atoms with Crippen LogP contribution in [0, 0.1) is 22.7 Å². The third-order valence-electron chi connectivity index (χ3n) is 6.57. The van der Waals surface area contributed by atoms with Crippen molar-refractivity contribution < 1.29 is 9.53 Å². The summed E-state index contributed by atoms with van der Waals surface area (Å²) in [5, 5.41) is 22.8. The van der Waals surface area contributed by atoms with Crippen LogP contribution in [0.15, 0.2) is 29.4 Å². The summed E-state index contributed by atoms with van der Waals surface area (Å²) < 4.78 is 7.23. The number of amides is 1. The maximum atomic E-state index is 12.8. The number of hydrogen-bond acceptors (Lipinski definition) is 7. The molecule has 7 nitrogen and oxygen atoms in total. The third-order valence-corrected chi connectivity index (χ3v) is 8.70. The predicted octanol–water partition coefficient (Wildman–Crippen LogP) is 5.79. The second-order valence-electron chi connectivity index (χ2n) is 9.74. The van der Waals surface area contributed by atoms with Crippen molar-refractivity contribution in [1.29, 1.82) is 5.26 Å². The Balaban J connectivity index is 1.44. The molecular formula is C26H31N5O2S2. The highest BCUT2D eigenvalue weighted by molar-refractivity contribution is 7.99. The van der Waals surface area contributed by atoms with E-state index in [1.54, 1.807) is 18.4 Å². The van der Waals surface area contributed by atoms with Crippen molar-refractivity contribution in [2.45, 2.75) is 58.7 Å². The largest absolute Gasteiger partial charge is 0.497 e. The zero-order valence-corrected chi connectivity index (χ0v) is 22.5. The second-order valence-corrected chi connectivity index (χ2v) is 11.8. The standard InChI is InChI=1S/C26H31N5O2S2/c1-6-31-23(16-7-10-18(33-5)11-8-16)29-30-25(31)34-15-22(32)28-24-20(14-27)19-12-9-17(26(2,3)4)13-21(19)35-24/h7-8,10-11,17H,6,9,12-13,15H2,1-5H3,(H,28,32)/t17-/m1/s1. The fourth-order valence-electron chi connectivity index (χ4n) is 4.46. The van der Waals surface area contributed by atoms with Crippen LogP contribution in [0.2, 0.25) is 0 Å². The molecule has 0 radical (unpaired) electrons. The molecule has 2 heterocycles. The first-order valence-electron chi connectivity index (χ1n) is 11.8. The Labute approximate surface area is 214 Å². The second kappa shape index (κ2) is 10.4. The van der Waals surface area contributed by atoms with Crippen molar-refractivity contribution >= 4 is 34.0 Å². The molecule has 184 valence electrons. The first kappa shape index (κ1) is 25.3. The summed E-state index contributed by atoms with van der Waals surface area (Å²) in [7, 11) is 1.64. The number of thiophene rings is 1. The van der Waals surface area contributed by atoms with Crippen molar-refractivity contribution in [1.82, 2.24) is 14.8 Å². The lowest BCUT2D eigenvalue weighted by molar-refractivity contribution is -0.113. The normalized spacial score (nSPS) is 15.4. The van der Waals surface area contributed by atoms with Gasteiger partial charge in [0, 0.05) is 17.0 Å². The molecule has 3 aromatic rings. The molecular weight excluding hydrogens is 478 g/mol. The number of rotatable bonds is 7. The molecule has 0 bridgehead atoms. The van der Waals surface area contributed by atoms with Crippen LogP contribution in [0.4, 0.5) is 5.00 Å². The van der Waals surface area contributed by atoms with Crippen LogP contribution in [-0.4, -0.2) is 33.5 Å². The number of carbonyl (C=O) groups excluding carboxylic acids is 1. The molecule has 0 saturated carbocycles. The number of ether oxygens (including phenoxy) is 1.